The summed E-state index contributed by atoms with van der Waals surface area (Å²) < 4.78 is 48.6. The molecular formula is C26H48O11P2. The lowest BCUT2D eigenvalue weighted by molar-refractivity contribution is -0.139. The molecule has 0 aliphatic carbocycles. The normalized spacial score (nSPS) is 11.8. The van der Waals surface area contributed by atoms with E-state index < -0.39 is 15.6 Å². The van der Waals surface area contributed by atoms with Crippen molar-refractivity contribution in [3.05, 3.63) is 24.3 Å². The Kier molecular flexibility index (Phi) is 21.6. The van der Waals surface area contributed by atoms with Crippen LogP contribution in [0.3, 0.4) is 0 Å². The van der Waals surface area contributed by atoms with Crippen molar-refractivity contribution < 1.29 is 51.3 Å². The van der Waals surface area contributed by atoms with Gasteiger partial charge >= 0.3 is 27.6 Å². The highest BCUT2D eigenvalue weighted by atomic mass is 31.3. The first-order valence-electron chi connectivity index (χ1n) is 13.7. The van der Waals surface area contributed by atoms with Gasteiger partial charge in [-0.05, 0) is 39.5 Å². The highest BCUT2D eigenvalue weighted by molar-refractivity contribution is 7.61. The number of esters is 2. The molecule has 0 atom stereocenters. The number of phosphoric acid groups is 2. The van der Waals surface area contributed by atoms with E-state index in [4.69, 9.17) is 28.3 Å². The van der Waals surface area contributed by atoms with E-state index in [1.807, 2.05) is 0 Å². The topological polar surface area (TPSA) is 155 Å². The molecule has 39 heavy (non-hydrogen) atoms. The first kappa shape index (κ1) is 37.7. The molecule has 0 amide bonds. The monoisotopic (exact) mass is 598 g/mol. The number of rotatable bonds is 26. The third-order valence-electron chi connectivity index (χ3n) is 5.45. The lowest BCUT2D eigenvalue weighted by atomic mass is 10.1. The summed E-state index contributed by atoms with van der Waals surface area (Å²) in [5.74, 6) is -0.744. The maximum atomic E-state index is 12.6. The third kappa shape index (κ3) is 24.2. The van der Waals surface area contributed by atoms with E-state index in [1.165, 1.54) is 0 Å². The number of carbonyl (C=O) groups is 2. The van der Waals surface area contributed by atoms with Gasteiger partial charge in [0.25, 0.3) is 0 Å². The number of carbonyl (C=O) groups excluding carboxylic acids is 2. The van der Waals surface area contributed by atoms with Gasteiger partial charge in [-0.3, -0.25) is 9.05 Å². The Morgan fingerprint density at radius 3 is 1.13 bits per heavy atom. The fourth-order valence-electron chi connectivity index (χ4n) is 3.32. The van der Waals surface area contributed by atoms with Gasteiger partial charge in [0, 0.05) is 11.1 Å². The van der Waals surface area contributed by atoms with Crippen LogP contribution >= 0.6 is 15.6 Å². The SMILES string of the molecule is C=C(C)C(=O)OCCCCCCCCCOP(=O)(OCCCCCCCCCOC(=O)C(=C)C)OP(=O)(O)O. The minimum Gasteiger partial charge on any atom is -0.462 e. The Balaban J connectivity index is 3.92. The Labute approximate surface area is 233 Å². The first-order chi connectivity index (χ1) is 18.4. The maximum Gasteiger partial charge on any atom is 0.483 e. The van der Waals surface area contributed by atoms with Crippen molar-refractivity contribution in [3.8, 4) is 0 Å². The molecule has 0 saturated heterocycles. The molecule has 0 aromatic rings. The maximum absolute atomic E-state index is 12.6. The summed E-state index contributed by atoms with van der Waals surface area (Å²) in [6.45, 7) is 11.0. The van der Waals surface area contributed by atoms with Crippen molar-refractivity contribution in [2.45, 2.75) is 104 Å². The van der Waals surface area contributed by atoms with Crippen LogP contribution in [0.2, 0.25) is 0 Å². The van der Waals surface area contributed by atoms with Crippen molar-refractivity contribution in [1.82, 2.24) is 0 Å². The molecule has 0 radical (unpaired) electrons. The zero-order chi connectivity index (χ0) is 29.6. The van der Waals surface area contributed by atoms with Crippen LogP contribution in [0.5, 0.6) is 0 Å². The number of ether oxygens (including phenoxy) is 2. The standard InChI is InChI=1S/C26H48O11P2/c1-23(2)25(27)33-19-15-11-7-5-9-13-17-21-35-39(32,37-38(29,30)31)36-22-18-14-10-6-8-12-16-20-34-26(28)24(3)4/h1,3,5-22H2,2,4H3,(H2,29,30,31). The van der Waals surface area contributed by atoms with Crippen molar-refractivity contribution >= 4 is 27.6 Å². The summed E-state index contributed by atoms with van der Waals surface area (Å²) in [6.07, 6.45) is 11.9. The molecule has 0 aromatic carbocycles. The van der Waals surface area contributed by atoms with E-state index in [0.717, 1.165) is 77.0 Å². The van der Waals surface area contributed by atoms with Gasteiger partial charge in [-0.1, -0.05) is 77.4 Å². The molecule has 0 aromatic heterocycles. The van der Waals surface area contributed by atoms with Gasteiger partial charge in [0.2, 0.25) is 0 Å². The van der Waals surface area contributed by atoms with Crippen LogP contribution in [0.15, 0.2) is 24.3 Å². The highest BCUT2D eigenvalue weighted by Crippen LogP contribution is 2.61. The van der Waals surface area contributed by atoms with Gasteiger partial charge in [-0.15, -0.1) is 0 Å². The molecule has 0 aliphatic rings. The number of hydrogen-bond acceptors (Lipinski definition) is 9. The summed E-state index contributed by atoms with van der Waals surface area (Å²) in [5, 5.41) is 0. The van der Waals surface area contributed by atoms with Gasteiger partial charge in [-0.2, -0.15) is 4.31 Å². The van der Waals surface area contributed by atoms with Crippen LogP contribution in [0, 0.1) is 0 Å². The molecule has 0 spiro atoms. The van der Waals surface area contributed by atoms with E-state index in [0.29, 0.717) is 37.2 Å². The minimum atomic E-state index is -5.06. The zero-order valence-corrected chi connectivity index (χ0v) is 25.4. The first-order valence-corrected chi connectivity index (χ1v) is 16.7. The van der Waals surface area contributed by atoms with Crippen molar-refractivity contribution in [2.24, 2.45) is 0 Å². The average Bonchev–Trinajstić information content (AvgIpc) is 2.84. The minimum absolute atomic E-state index is 0.00415. The van der Waals surface area contributed by atoms with Crippen LogP contribution < -0.4 is 0 Å². The van der Waals surface area contributed by atoms with Crippen LogP contribution in [0.25, 0.3) is 0 Å². The zero-order valence-electron chi connectivity index (χ0n) is 23.6. The predicted molar refractivity (Wildman–Crippen MR) is 149 cm³/mol. The summed E-state index contributed by atoms with van der Waals surface area (Å²) in [4.78, 5) is 40.7. The molecule has 0 rings (SSSR count). The molecule has 0 saturated carbocycles. The summed E-state index contributed by atoms with van der Waals surface area (Å²) in [6, 6.07) is 0. The summed E-state index contributed by atoms with van der Waals surface area (Å²) in [5.41, 5.74) is 0.775. The fourth-order valence-corrected chi connectivity index (χ4v) is 5.52. The molecular weight excluding hydrogens is 550 g/mol. The van der Waals surface area contributed by atoms with Crippen molar-refractivity contribution in [2.75, 3.05) is 26.4 Å². The van der Waals surface area contributed by atoms with Crippen molar-refractivity contribution in [3.63, 3.8) is 0 Å². The predicted octanol–water partition coefficient (Wildman–Crippen LogP) is 6.94. The van der Waals surface area contributed by atoms with Crippen LogP contribution in [0.1, 0.15) is 104 Å². The van der Waals surface area contributed by atoms with Gasteiger partial charge in [0.15, 0.2) is 0 Å². The Morgan fingerprint density at radius 1 is 0.564 bits per heavy atom. The molecule has 2 N–H and O–H groups in total. The lowest BCUT2D eigenvalue weighted by Crippen LogP contribution is -2.06. The summed E-state index contributed by atoms with van der Waals surface area (Å²) in [7, 11) is -9.43. The van der Waals surface area contributed by atoms with E-state index in [-0.39, 0.29) is 25.2 Å². The second kappa shape index (κ2) is 22.4. The molecule has 0 aliphatic heterocycles. The molecule has 0 heterocycles. The average molecular weight is 599 g/mol. The second-order valence-electron chi connectivity index (χ2n) is 9.47. The lowest BCUT2D eigenvalue weighted by Gasteiger charge is -2.18. The molecule has 0 bridgehead atoms. The second-order valence-corrected chi connectivity index (χ2v) is 12.5. The fraction of sp³-hybridized carbons (Fsp3) is 0.769. The van der Waals surface area contributed by atoms with Gasteiger partial charge in [-0.25, -0.2) is 18.7 Å². The Bertz CT molecular complexity index is 771. The Morgan fingerprint density at radius 2 is 0.846 bits per heavy atom. The quantitative estimate of drug-likeness (QED) is 0.0460. The van der Waals surface area contributed by atoms with Gasteiger partial charge in [0.05, 0.1) is 26.4 Å². The molecule has 228 valence electrons. The van der Waals surface area contributed by atoms with E-state index in [1.54, 1.807) is 13.8 Å². The summed E-state index contributed by atoms with van der Waals surface area (Å²) >= 11 is 0. The number of hydrogen-bond donors (Lipinski definition) is 2. The Hall–Kier alpha value is -1.32. The van der Waals surface area contributed by atoms with E-state index >= 15 is 0 Å². The van der Waals surface area contributed by atoms with E-state index in [9.17, 15) is 18.7 Å². The molecule has 11 nitrogen and oxygen atoms in total. The highest BCUT2D eigenvalue weighted by Gasteiger charge is 2.35. The van der Waals surface area contributed by atoms with Crippen molar-refractivity contribution in [1.29, 1.82) is 0 Å². The van der Waals surface area contributed by atoms with Gasteiger partial charge in [0.1, 0.15) is 0 Å². The molecule has 13 heteroatoms. The van der Waals surface area contributed by atoms with Crippen LogP contribution in [-0.2, 0) is 41.6 Å². The van der Waals surface area contributed by atoms with Crippen LogP contribution in [0.4, 0.5) is 0 Å². The van der Waals surface area contributed by atoms with E-state index in [2.05, 4.69) is 17.5 Å². The number of phosphoric ester groups is 1. The number of unbranched alkanes of at least 4 members (excludes halogenated alkanes) is 12. The molecule has 0 fully saturated rings. The van der Waals surface area contributed by atoms with Crippen LogP contribution in [-0.4, -0.2) is 48.2 Å². The van der Waals surface area contributed by atoms with Gasteiger partial charge < -0.3 is 19.3 Å². The third-order valence-corrected chi connectivity index (χ3v) is 8.09. The largest absolute Gasteiger partial charge is 0.483 e. The molecule has 0 unspecified atom stereocenters. The smallest absolute Gasteiger partial charge is 0.462 e.